The average Bonchev–Trinajstić information content (AvgIpc) is 2.96. The number of hydrogen-bond donors (Lipinski definition) is 0. The molecule has 0 fully saturated rings. The Hall–Kier alpha value is -1.48. The fourth-order valence-corrected chi connectivity index (χ4v) is 2.12. The molecule has 0 radical (unpaired) electrons. The lowest BCUT2D eigenvalue weighted by atomic mass is 10.1. The molecule has 0 atom stereocenters. The van der Waals surface area contributed by atoms with Gasteiger partial charge in [-0.25, -0.2) is 4.98 Å². The van der Waals surface area contributed by atoms with E-state index in [2.05, 4.69) is 11.1 Å². The van der Waals surface area contributed by atoms with Gasteiger partial charge >= 0.3 is 0 Å². The number of benzene rings is 1. The van der Waals surface area contributed by atoms with Gasteiger partial charge in [-0.3, -0.25) is 0 Å². The summed E-state index contributed by atoms with van der Waals surface area (Å²) in [5.41, 5.74) is 3.01. The average molecular weight is 236 g/mol. The second-order valence-corrected chi connectivity index (χ2v) is 3.95. The Morgan fingerprint density at radius 2 is 2.31 bits per heavy atom. The predicted octanol–water partition coefficient (Wildman–Crippen LogP) is 3.02. The Morgan fingerprint density at radius 3 is 3.19 bits per heavy atom. The molecular formula is C12H10ClNO2. The van der Waals surface area contributed by atoms with Crippen LogP contribution in [0.1, 0.15) is 11.3 Å². The highest BCUT2D eigenvalue weighted by Gasteiger charge is 2.15. The Balaban J connectivity index is 2.07. The first kappa shape index (κ1) is 9.73. The number of hydrogen-bond acceptors (Lipinski definition) is 3. The zero-order valence-electron chi connectivity index (χ0n) is 8.57. The van der Waals surface area contributed by atoms with Gasteiger partial charge in [-0.1, -0.05) is 0 Å². The number of oxazole rings is 1. The van der Waals surface area contributed by atoms with Crippen molar-refractivity contribution in [3.05, 3.63) is 35.9 Å². The molecule has 82 valence electrons. The van der Waals surface area contributed by atoms with E-state index in [9.17, 15) is 0 Å². The molecule has 0 amide bonds. The summed E-state index contributed by atoms with van der Waals surface area (Å²) < 4.78 is 10.8. The van der Waals surface area contributed by atoms with E-state index in [-0.39, 0.29) is 0 Å². The van der Waals surface area contributed by atoms with Gasteiger partial charge in [0.15, 0.2) is 12.2 Å². The zero-order chi connectivity index (χ0) is 11.0. The van der Waals surface area contributed by atoms with Crippen molar-refractivity contribution in [2.75, 3.05) is 6.61 Å². The van der Waals surface area contributed by atoms with Crippen molar-refractivity contribution in [1.29, 1.82) is 0 Å². The predicted molar refractivity (Wildman–Crippen MR) is 60.7 cm³/mol. The van der Waals surface area contributed by atoms with Gasteiger partial charge < -0.3 is 9.15 Å². The molecule has 3 rings (SSSR count). The highest BCUT2D eigenvalue weighted by Crippen LogP contribution is 2.32. The normalized spacial score (nSPS) is 13.6. The number of ether oxygens (including phenoxy) is 1. The molecule has 0 saturated heterocycles. The molecule has 1 aromatic heterocycles. The Kier molecular flexibility index (Phi) is 2.33. The maximum absolute atomic E-state index is 5.79. The van der Waals surface area contributed by atoms with Crippen LogP contribution in [0.25, 0.3) is 11.3 Å². The minimum atomic E-state index is 0.361. The lowest BCUT2D eigenvalue weighted by Gasteiger charge is -2.02. The fourth-order valence-electron chi connectivity index (χ4n) is 1.93. The molecule has 0 aliphatic carbocycles. The second kappa shape index (κ2) is 3.83. The van der Waals surface area contributed by atoms with E-state index in [4.69, 9.17) is 20.8 Å². The van der Waals surface area contributed by atoms with Crippen LogP contribution in [0.15, 0.2) is 29.0 Å². The maximum Gasteiger partial charge on any atom is 0.181 e. The topological polar surface area (TPSA) is 35.3 Å². The van der Waals surface area contributed by atoms with E-state index in [0.717, 1.165) is 35.8 Å². The zero-order valence-corrected chi connectivity index (χ0v) is 9.33. The van der Waals surface area contributed by atoms with Crippen LogP contribution in [-0.4, -0.2) is 11.6 Å². The summed E-state index contributed by atoms with van der Waals surface area (Å²) >= 11 is 5.79. The molecule has 2 heterocycles. The summed E-state index contributed by atoms with van der Waals surface area (Å²) in [5.74, 6) is 2.08. The van der Waals surface area contributed by atoms with Gasteiger partial charge in [-0.2, -0.15) is 0 Å². The molecule has 1 aliphatic rings. The van der Waals surface area contributed by atoms with Gasteiger partial charge in [0, 0.05) is 12.0 Å². The van der Waals surface area contributed by atoms with Crippen LogP contribution in [0, 0.1) is 0 Å². The van der Waals surface area contributed by atoms with Crippen molar-refractivity contribution < 1.29 is 9.15 Å². The highest BCUT2D eigenvalue weighted by molar-refractivity contribution is 6.17. The summed E-state index contributed by atoms with van der Waals surface area (Å²) in [5, 5.41) is 0. The third-order valence-electron chi connectivity index (χ3n) is 2.72. The number of halogens is 1. The van der Waals surface area contributed by atoms with Crippen LogP contribution in [-0.2, 0) is 12.3 Å². The quantitative estimate of drug-likeness (QED) is 0.751. The Morgan fingerprint density at radius 1 is 1.38 bits per heavy atom. The van der Waals surface area contributed by atoms with Crippen molar-refractivity contribution in [3.8, 4) is 17.1 Å². The van der Waals surface area contributed by atoms with Gasteiger partial charge in [0.2, 0.25) is 0 Å². The monoisotopic (exact) mass is 235 g/mol. The van der Waals surface area contributed by atoms with E-state index in [0.29, 0.717) is 5.88 Å². The number of nitrogens with zero attached hydrogens (tertiary/aromatic N) is 1. The van der Waals surface area contributed by atoms with Crippen LogP contribution >= 0.6 is 11.6 Å². The van der Waals surface area contributed by atoms with Crippen molar-refractivity contribution >= 4 is 11.6 Å². The molecule has 1 aliphatic heterocycles. The van der Waals surface area contributed by atoms with Crippen molar-refractivity contribution in [2.45, 2.75) is 12.3 Å². The fraction of sp³-hybridized carbons (Fsp3) is 0.250. The largest absolute Gasteiger partial charge is 0.493 e. The summed E-state index contributed by atoms with van der Waals surface area (Å²) in [6, 6.07) is 6.03. The molecule has 16 heavy (non-hydrogen) atoms. The van der Waals surface area contributed by atoms with Crippen molar-refractivity contribution in [1.82, 2.24) is 4.98 Å². The van der Waals surface area contributed by atoms with Crippen LogP contribution in [0.2, 0.25) is 0 Å². The lowest BCUT2D eigenvalue weighted by molar-refractivity contribution is 0.357. The summed E-state index contributed by atoms with van der Waals surface area (Å²) in [7, 11) is 0. The van der Waals surface area contributed by atoms with Crippen LogP contribution < -0.4 is 4.74 Å². The number of aromatic nitrogens is 1. The molecule has 0 bridgehead atoms. The molecule has 1 aromatic carbocycles. The molecule has 0 N–H and O–H groups in total. The first-order valence-electron chi connectivity index (χ1n) is 5.13. The summed E-state index contributed by atoms with van der Waals surface area (Å²) in [6.07, 6.45) is 2.38. The number of fused-ring (bicyclic) bond motifs is 1. The minimum Gasteiger partial charge on any atom is -0.493 e. The molecule has 0 spiro atoms. The first-order valence-corrected chi connectivity index (χ1v) is 5.66. The number of alkyl halides is 1. The molecule has 0 unspecified atom stereocenters. The van der Waals surface area contributed by atoms with E-state index >= 15 is 0 Å². The van der Waals surface area contributed by atoms with E-state index in [1.54, 1.807) is 0 Å². The first-order chi connectivity index (χ1) is 7.88. The van der Waals surface area contributed by atoms with Crippen molar-refractivity contribution in [3.63, 3.8) is 0 Å². The minimum absolute atomic E-state index is 0.361. The molecule has 3 nitrogen and oxygen atoms in total. The van der Waals surface area contributed by atoms with E-state index < -0.39 is 0 Å². The van der Waals surface area contributed by atoms with Crippen LogP contribution in [0.5, 0.6) is 5.75 Å². The molecular weight excluding hydrogens is 226 g/mol. The maximum atomic E-state index is 5.79. The summed E-state index contributed by atoms with van der Waals surface area (Å²) in [6.45, 7) is 0.761. The highest BCUT2D eigenvalue weighted by atomic mass is 35.5. The van der Waals surface area contributed by atoms with E-state index in [1.165, 1.54) is 12.0 Å². The van der Waals surface area contributed by atoms with Gasteiger partial charge in [-0.15, -0.1) is 11.6 Å². The third-order valence-corrected chi connectivity index (χ3v) is 2.97. The van der Waals surface area contributed by atoms with Gasteiger partial charge in [0.1, 0.15) is 11.4 Å². The van der Waals surface area contributed by atoms with Gasteiger partial charge in [-0.05, 0) is 23.8 Å². The van der Waals surface area contributed by atoms with Crippen LogP contribution in [0.4, 0.5) is 0 Å². The smallest absolute Gasteiger partial charge is 0.181 e. The third kappa shape index (κ3) is 1.48. The Labute approximate surface area is 98.0 Å². The molecule has 2 aromatic rings. The van der Waals surface area contributed by atoms with Crippen molar-refractivity contribution in [2.24, 2.45) is 0 Å². The molecule has 4 heteroatoms. The molecule has 0 saturated carbocycles. The SMILES string of the molecule is ClCc1ncoc1-c1ccc2c(c1)CCO2. The van der Waals surface area contributed by atoms with Gasteiger partial charge in [0.05, 0.1) is 12.5 Å². The summed E-state index contributed by atoms with van der Waals surface area (Å²) in [4.78, 5) is 4.07. The van der Waals surface area contributed by atoms with Crippen LogP contribution in [0.3, 0.4) is 0 Å². The van der Waals surface area contributed by atoms with E-state index in [1.807, 2.05) is 12.1 Å². The second-order valence-electron chi connectivity index (χ2n) is 3.68. The van der Waals surface area contributed by atoms with Gasteiger partial charge in [0.25, 0.3) is 0 Å². The lowest BCUT2D eigenvalue weighted by Crippen LogP contribution is -1.85. The standard InChI is InChI=1S/C12H10ClNO2/c13-6-10-12(16-7-14-10)9-1-2-11-8(5-9)3-4-15-11/h1-2,5,7H,3-4,6H2. The number of rotatable bonds is 2. The Bertz CT molecular complexity index is 521.